The highest BCUT2D eigenvalue weighted by atomic mass is 32.2. The van der Waals surface area contributed by atoms with E-state index >= 15 is 0 Å². The summed E-state index contributed by atoms with van der Waals surface area (Å²) in [6, 6.07) is 4.41. The fourth-order valence-electron chi connectivity index (χ4n) is 3.32. The third-order valence-corrected chi connectivity index (χ3v) is 5.40. The second-order valence-electron chi connectivity index (χ2n) is 6.94. The van der Waals surface area contributed by atoms with Crippen LogP contribution in [0.4, 0.5) is 0 Å². The minimum absolute atomic E-state index is 0.126. The van der Waals surface area contributed by atoms with Crippen LogP contribution in [0.5, 0.6) is 0 Å². The molecule has 0 fully saturated rings. The highest BCUT2D eigenvalue weighted by Gasteiger charge is 2.32. The Kier molecular flexibility index (Phi) is 6.39. The van der Waals surface area contributed by atoms with Gasteiger partial charge in [0.15, 0.2) is 4.99 Å². The first-order valence-corrected chi connectivity index (χ1v) is 9.78. The van der Waals surface area contributed by atoms with Gasteiger partial charge in [-0.1, -0.05) is 55.6 Å². The average Bonchev–Trinajstić information content (AvgIpc) is 2.84. The molecular formula is C20H30N2OS. The maximum Gasteiger partial charge on any atom is 0.222 e. The van der Waals surface area contributed by atoms with Crippen molar-refractivity contribution in [2.24, 2.45) is 0 Å². The maximum absolute atomic E-state index is 12.2. The van der Waals surface area contributed by atoms with Crippen molar-refractivity contribution < 1.29 is 4.79 Å². The van der Waals surface area contributed by atoms with Crippen molar-refractivity contribution in [3.8, 4) is 0 Å². The predicted octanol–water partition coefficient (Wildman–Crippen LogP) is 5.01. The molecule has 2 rings (SSSR count). The maximum atomic E-state index is 12.2. The van der Waals surface area contributed by atoms with E-state index in [4.69, 9.17) is 0 Å². The molecule has 24 heavy (non-hydrogen) atoms. The van der Waals surface area contributed by atoms with Crippen LogP contribution in [-0.2, 0) is 4.79 Å². The molecule has 0 aromatic heterocycles. The average molecular weight is 347 g/mol. The third-order valence-electron chi connectivity index (χ3n) is 4.37. The van der Waals surface area contributed by atoms with Crippen LogP contribution in [0.15, 0.2) is 17.5 Å². The topological polar surface area (TPSA) is 41.1 Å². The molecule has 132 valence electrons. The number of aryl methyl sites for hydroxylation is 3. The van der Waals surface area contributed by atoms with Gasteiger partial charge in [0.25, 0.3) is 0 Å². The zero-order chi connectivity index (χ0) is 17.7. The lowest BCUT2D eigenvalue weighted by Gasteiger charge is -2.27. The third kappa shape index (κ3) is 4.79. The number of thioether (sulfide) groups is 1. The van der Waals surface area contributed by atoms with E-state index < -0.39 is 4.99 Å². The molecule has 1 amide bonds. The summed E-state index contributed by atoms with van der Waals surface area (Å²) in [5.41, 5.74) is 6.16. The summed E-state index contributed by atoms with van der Waals surface area (Å²) in [6.45, 7) is 10.6. The Morgan fingerprint density at radius 3 is 2.46 bits per heavy atom. The fourth-order valence-corrected chi connectivity index (χ4v) is 4.19. The monoisotopic (exact) mass is 346 g/mol. The van der Waals surface area contributed by atoms with Crippen molar-refractivity contribution in [1.29, 1.82) is 0 Å². The van der Waals surface area contributed by atoms with Gasteiger partial charge in [-0.05, 0) is 50.7 Å². The van der Waals surface area contributed by atoms with Crippen molar-refractivity contribution in [2.75, 3.05) is 0 Å². The van der Waals surface area contributed by atoms with E-state index in [0.29, 0.717) is 6.42 Å². The standard InChI is InChI=1S/C20H30N2OS/c1-6-7-8-9-10-18(23)22-20(5)21-17(13-24-20)19-15(3)11-14(2)12-16(19)4/h11-13,21H,6-10H2,1-5H3,(H,22,23). The Labute approximate surface area is 150 Å². The molecule has 0 aliphatic carbocycles. The first kappa shape index (κ1) is 18.9. The largest absolute Gasteiger partial charge is 0.353 e. The number of benzene rings is 1. The lowest BCUT2D eigenvalue weighted by molar-refractivity contribution is -0.122. The molecule has 1 aliphatic rings. The minimum Gasteiger partial charge on any atom is -0.353 e. The summed E-state index contributed by atoms with van der Waals surface area (Å²) >= 11 is 1.64. The molecule has 3 nitrogen and oxygen atoms in total. The quantitative estimate of drug-likeness (QED) is 0.682. The molecule has 1 heterocycles. The van der Waals surface area contributed by atoms with Crippen LogP contribution in [0.1, 0.15) is 68.2 Å². The van der Waals surface area contributed by atoms with Crippen LogP contribution < -0.4 is 10.6 Å². The van der Waals surface area contributed by atoms with Crippen LogP contribution in [0, 0.1) is 20.8 Å². The summed E-state index contributed by atoms with van der Waals surface area (Å²) in [4.78, 5) is 11.7. The molecule has 1 aromatic carbocycles. The Hall–Kier alpha value is -1.42. The number of rotatable bonds is 7. The minimum atomic E-state index is -0.457. The van der Waals surface area contributed by atoms with Crippen molar-refractivity contribution in [3.05, 3.63) is 39.8 Å². The van der Waals surface area contributed by atoms with E-state index in [1.807, 2.05) is 6.92 Å². The first-order chi connectivity index (χ1) is 11.3. The Balaban J connectivity index is 1.97. The molecule has 1 atom stereocenters. The molecule has 0 saturated heterocycles. The highest BCUT2D eigenvalue weighted by Crippen LogP contribution is 2.36. The highest BCUT2D eigenvalue weighted by molar-refractivity contribution is 8.03. The fraction of sp³-hybridized carbons (Fsp3) is 0.550. The van der Waals surface area contributed by atoms with Gasteiger partial charge < -0.3 is 10.6 Å². The van der Waals surface area contributed by atoms with Gasteiger partial charge in [-0.25, -0.2) is 0 Å². The number of amides is 1. The molecule has 0 bridgehead atoms. The van der Waals surface area contributed by atoms with Gasteiger partial charge in [-0.3, -0.25) is 4.79 Å². The molecular weight excluding hydrogens is 316 g/mol. The lowest BCUT2D eigenvalue weighted by atomic mass is 9.98. The van der Waals surface area contributed by atoms with Gasteiger partial charge in [0.2, 0.25) is 5.91 Å². The van der Waals surface area contributed by atoms with Gasteiger partial charge in [0.05, 0.1) is 5.70 Å². The van der Waals surface area contributed by atoms with Crippen molar-refractivity contribution in [1.82, 2.24) is 10.6 Å². The van der Waals surface area contributed by atoms with Crippen molar-refractivity contribution >= 4 is 23.4 Å². The summed E-state index contributed by atoms with van der Waals surface area (Å²) in [7, 11) is 0. The molecule has 0 spiro atoms. The van der Waals surface area contributed by atoms with E-state index in [1.54, 1.807) is 11.8 Å². The number of hydrogen-bond acceptors (Lipinski definition) is 3. The Morgan fingerprint density at radius 1 is 1.17 bits per heavy atom. The summed E-state index contributed by atoms with van der Waals surface area (Å²) < 4.78 is 0. The van der Waals surface area contributed by atoms with Gasteiger partial charge in [-0.2, -0.15) is 0 Å². The van der Waals surface area contributed by atoms with Crippen molar-refractivity contribution in [2.45, 2.75) is 71.7 Å². The van der Waals surface area contributed by atoms with E-state index in [2.05, 4.69) is 55.9 Å². The zero-order valence-electron chi connectivity index (χ0n) is 15.6. The van der Waals surface area contributed by atoms with Crippen LogP contribution in [0.25, 0.3) is 5.70 Å². The number of nitrogens with one attached hydrogen (secondary N) is 2. The molecule has 0 saturated carbocycles. The molecule has 1 aromatic rings. The van der Waals surface area contributed by atoms with Gasteiger partial charge in [-0.15, -0.1) is 0 Å². The van der Waals surface area contributed by atoms with Crippen LogP contribution in [-0.4, -0.2) is 10.9 Å². The number of carbonyl (C=O) groups is 1. The molecule has 0 radical (unpaired) electrons. The molecule has 2 N–H and O–H groups in total. The molecule has 1 unspecified atom stereocenters. The van der Waals surface area contributed by atoms with E-state index in [9.17, 15) is 4.79 Å². The summed E-state index contributed by atoms with van der Waals surface area (Å²) in [5.74, 6) is 0.126. The predicted molar refractivity (Wildman–Crippen MR) is 105 cm³/mol. The first-order valence-electron chi connectivity index (χ1n) is 8.90. The summed E-state index contributed by atoms with van der Waals surface area (Å²) in [5, 5.41) is 8.78. The smallest absolute Gasteiger partial charge is 0.222 e. The molecule has 4 heteroatoms. The van der Waals surface area contributed by atoms with E-state index in [1.165, 1.54) is 35.1 Å². The van der Waals surface area contributed by atoms with Gasteiger partial charge in [0, 0.05) is 12.0 Å². The SMILES string of the molecule is CCCCCCC(=O)NC1(C)NC(c2c(C)cc(C)cc2C)=CS1. The van der Waals surface area contributed by atoms with Crippen LogP contribution in [0.2, 0.25) is 0 Å². The second kappa shape index (κ2) is 8.11. The van der Waals surface area contributed by atoms with Crippen LogP contribution in [0.3, 0.4) is 0 Å². The second-order valence-corrected chi connectivity index (χ2v) is 8.23. The van der Waals surface area contributed by atoms with Gasteiger partial charge in [0.1, 0.15) is 0 Å². The van der Waals surface area contributed by atoms with Crippen LogP contribution >= 0.6 is 11.8 Å². The van der Waals surface area contributed by atoms with Gasteiger partial charge >= 0.3 is 0 Å². The Morgan fingerprint density at radius 2 is 1.83 bits per heavy atom. The zero-order valence-corrected chi connectivity index (χ0v) is 16.4. The Bertz CT molecular complexity index is 616. The normalized spacial score (nSPS) is 19.8. The molecule has 1 aliphatic heterocycles. The van der Waals surface area contributed by atoms with E-state index in [0.717, 1.165) is 18.5 Å². The lowest BCUT2D eigenvalue weighted by Crippen LogP contribution is -2.51. The number of carbonyl (C=O) groups excluding carboxylic acids is 1. The number of hydrogen-bond donors (Lipinski definition) is 2. The van der Waals surface area contributed by atoms with E-state index in [-0.39, 0.29) is 5.91 Å². The number of unbranched alkanes of at least 4 members (excludes halogenated alkanes) is 3. The van der Waals surface area contributed by atoms with Crippen molar-refractivity contribution in [3.63, 3.8) is 0 Å². The summed E-state index contributed by atoms with van der Waals surface area (Å²) in [6.07, 6.45) is 5.10.